The van der Waals surface area contributed by atoms with Crippen LogP contribution in [-0.4, -0.2) is 88.1 Å². The Morgan fingerprint density at radius 2 is 1.93 bits per heavy atom. The normalized spacial score (nSPS) is 22.6. The van der Waals surface area contributed by atoms with Crippen LogP contribution in [0.2, 0.25) is 0 Å². The summed E-state index contributed by atoms with van der Waals surface area (Å²) >= 11 is 0. The molecule has 2 aliphatic rings. The average molecular weight is 396 g/mol. The van der Waals surface area contributed by atoms with E-state index in [1.165, 1.54) is 0 Å². The van der Waals surface area contributed by atoms with E-state index in [0.717, 1.165) is 37.6 Å². The number of hydrogen-bond donors (Lipinski definition) is 0. The fourth-order valence-electron chi connectivity index (χ4n) is 3.73. The predicted molar refractivity (Wildman–Crippen MR) is 106 cm³/mol. The second-order valence-electron chi connectivity index (χ2n) is 7.23. The predicted octanol–water partition coefficient (Wildman–Crippen LogP) is 0.853. The fourth-order valence-corrected chi connectivity index (χ4v) is 5.50. The molecule has 0 aliphatic carbocycles. The molecule has 2 aliphatic heterocycles. The van der Waals surface area contributed by atoms with Gasteiger partial charge in [-0.1, -0.05) is 12.1 Å². The Labute approximate surface area is 161 Å². The topological polar surface area (TPSA) is 70.2 Å². The highest BCUT2D eigenvalue weighted by Gasteiger charge is 2.33. The van der Waals surface area contributed by atoms with Crippen molar-refractivity contribution >= 4 is 21.4 Å². The lowest BCUT2D eigenvalue weighted by molar-refractivity contribution is -0.132. The molecule has 0 saturated carbocycles. The van der Waals surface area contributed by atoms with Crippen molar-refractivity contribution in [3.05, 3.63) is 24.3 Å². The van der Waals surface area contributed by atoms with Crippen molar-refractivity contribution in [3.8, 4) is 5.75 Å². The summed E-state index contributed by atoms with van der Waals surface area (Å²) in [6.07, 6.45) is 0.548. The van der Waals surface area contributed by atoms with Gasteiger partial charge < -0.3 is 14.5 Å². The number of ether oxygens (including phenoxy) is 1. The first-order valence-corrected chi connectivity index (χ1v) is 11.4. The molecule has 0 bridgehead atoms. The molecule has 1 aromatic carbocycles. The third-order valence-electron chi connectivity index (χ3n) is 5.39. The first-order chi connectivity index (χ1) is 12.9. The van der Waals surface area contributed by atoms with Crippen molar-refractivity contribution < 1.29 is 17.9 Å². The number of benzene rings is 1. The van der Waals surface area contributed by atoms with Gasteiger partial charge >= 0.3 is 0 Å². The molecular weight excluding hydrogens is 366 g/mol. The van der Waals surface area contributed by atoms with E-state index in [9.17, 15) is 13.2 Å². The third kappa shape index (κ3) is 4.93. The summed E-state index contributed by atoms with van der Waals surface area (Å²) in [4.78, 5) is 18.6. The lowest BCUT2D eigenvalue weighted by atomic mass is 10.2. The van der Waals surface area contributed by atoms with Crippen LogP contribution in [0.3, 0.4) is 0 Å². The van der Waals surface area contributed by atoms with Gasteiger partial charge in [0.1, 0.15) is 5.75 Å². The molecule has 1 amide bonds. The molecule has 2 fully saturated rings. The van der Waals surface area contributed by atoms with Crippen LogP contribution in [-0.2, 0) is 14.6 Å². The summed E-state index contributed by atoms with van der Waals surface area (Å²) in [7, 11) is -1.26. The van der Waals surface area contributed by atoms with Gasteiger partial charge in [-0.05, 0) is 25.5 Å². The molecule has 2 heterocycles. The van der Waals surface area contributed by atoms with E-state index in [2.05, 4.69) is 15.9 Å². The van der Waals surface area contributed by atoms with Crippen LogP contribution in [0, 0.1) is 0 Å². The number of anilines is 1. The van der Waals surface area contributed by atoms with E-state index >= 15 is 0 Å². The Kier molecular flexibility index (Phi) is 6.26. The van der Waals surface area contributed by atoms with Gasteiger partial charge in [0.15, 0.2) is 9.84 Å². The molecular formula is C19H29N3O4S. The Balaban J connectivity index is 1.52. The Hall–Kier alpha value is -1.80. The van der Waals surface area contributed by atoms with Crippen molar-refractivity contribution in [2.75, 3.05) is 62.8 Å². The first kappa shape index (κ1) is 19.9. The second-order valence-corrected chi connectivity index (χ2v) is 9.45. The van der Waals surface area contributed by atoms with Gasteiger partial charge in [0, 0.05) is 39.3 Å². The standard InChI is InChI=1S/C19H29N3O4S/c1-3-26-18-7-5-4-6-17(18)22-11-9-21(10-12-22)14-19(23)20(2)16-8-13-27(24,25)15-16/h4-7,16H,3,8-15H2,1-2H3/t16-/m0/s1. The van der Waals surface area contributed by atoms with Crippen molar-refractivity contribution in [1.29, 1.82) is 0 Å². The molecule has 8 heteroatoms. The van der Waals surface area contributed by atoms with Crippen molar-refractivity contribution in [2.24, 2.45) is 0 Å². The SMILES string of the molecule is CCOc1ccccc1N1CCN(CC(=O)N(C)[C@H]2CCS(=O)(=O)C2)CC1. The van der Waals surface area contributed by atoms with E-state index in [1.807, 2.05) is 25.1 Å². The second kappa shape index (κ2) is 8.48. The van der Waals surface area contributed by atoms with Gasteiger partial charge in [-0.15, -0.1) is 0 Å². The van der Waals surface area contributed by atoms with Crippen LogP contribution >= 0.6 is 0 Å². The van der Waals surface area contributed by atoms with E-state index in [1.54, 1.807) is 11.9 Å². The number of carbonyl (C=O) groups is 1. The van der Waals surface area contributed by atoms with Crippen molar-refractivity contribution in [3.63, 3.8) is 0 Å². The van der Waals surface area contributed by atoms with E-state index < -0.39 is 9.84 Å². The largest absolute Gasteiger partial charge is 0.492 e. The highest BCUT2D eigenvalue weighted by atomic mass is 32.2. The lowest BCUT2D eigenvalue weighted by Crippen LogP contribution is -2.51. The maximum absolute atomic E-state index is 12.6. The molecule has 3 rings (SSSR count). The average Bonchev–Trinajstić information content (AvgIpc) is 3.02. The highest BCUT2D eigenvalue weighted by Crippen LogP contribution is 2.28. The van der Waals surface area contributed by atoms with E-state index in [4.69, 9.17) is 4.74 Å². The number of rotatable bonds is 6. The zero-order valence-electron chi connectivity index (χ0n) is 16.1. The van der Waals surface area contributed by atoms with Crippen molar-refractivity contribution in [2.45, 2.75) is 19.4 Å². The number of piperazine rings is 1. The number of carbonyl (C=O) groups excluding carboxylic acids is 1. The van der Waals surface area contributed by atoms with Gasteiger partial charge in [-0.2, -0.15) is 0 Å². The van der Waals surface area contributed by atoms with Crippen LogP contribution in [0.4, 0.5) is 5.69 Å². The Bertz CT molecular complexity index is 760. The van der Waals surface area contributed by atoms with E-state index in [-0.39, 0.29) is 23.5 Å². The minimum absolute atomic E-state index is 0.000247. The Morgan fingerprint density at radius 1 is 1.22 bits per heavy atom. The minimum Gasteiger partial charge on any atom is -0.492 e. The molecule has 2 saturated heterocycles. The summed E-state index contributed by atoms with van der Waals surface area (Å²) in [5, 5.41) is 0. The number of likely N-dealkylation sites (N-methyl/N-ethyl adjacent to an activating group) is 1. The van der Waals surface area contributed by atoms with Gasteiger partial charge in [-0.25, -0.2) is 8.42 Å². The highest BCUT2D eigenvalue weighted by molar-refractivity contribution is 7.91. The molecule has 27 heavy (non-hydrogen) atoms. The molecule has 0 spiro atoms. The van der Waals surface area contributed by atoms with Gasteiger partial charge in [0.05, 0.1) is 30.3 Å². The molecule has 1 aromatic rings. The minimum atomic E-state index is -2.98. The van der Waals surface area contributed by atoms with Gasteiger partial charge in [-0.3, -0.25) is 9.69 Å². The molecule has 0 aromatic heterocycles. The molecule has 7 nitrogen and oxygen atoms in total. The van der Waals surface area contributed by atoms with Crippen LogP contribution in [0.15, 0.2) is 24.3 Å². The van der Waals surface area contributed by atoms with E-state index in [0.29, 0.717) is 19.6 Å². The molecule has 0 N–H and O–H groups in total. The zero-order valence-corrected chi connectivity index (χ0v) is 17.0. The fraction of sp³-hybridized carbons (Fsp3) is 0.632. The van der Waals surface area contributed by atoms with Gasteiger partial charge in [0.2, 0.25) is 5.91 Å². The summed E-state index contributed by atoms with van der Waals surface area (Å²) in [6, 6.07) is 7.86. The Morgan fingerprint density at radius 3 is 2.56 bits per heavy atom. The van der Waals surface area contributed by atoms with Crippen LogP contribution in [0.5, 0.6) is 5.75 Å². The number of nitrogens with zero attached hydrogens (tertiary/aromatic N) is 3. The summed E-state index contributed by atoms with van der Waals surface area (Å²) in [5.74, 6) is 1.18. The molecule has 1 atom stereocenters. The molecule has 0 unspecified atom stereocenters. The first-order valence-electron chi connectivity index (χ1n) is 9.55. The summed E-state index contributed by atoms with van der Waals surface area (Å²) < 4.78 is 29.0. The number of sulfone groups is 1. The lowest BCUT2D eigenvalue weighted by Gasteiger charge is -2.37. The summed E-state index contributed by atoms with van der Waals surface area (Å²) in [6.45, 7) is 6.21. The van der Waals surface area contributed by atoms with Crippen LogP contribution < -0.4 is 9.64 Å². The van der Waals surface area contributed by atoms with Crippen LogP contribution in [0.25, 0.3) is 0 Å². The van der Waals surface area contributed by atoms with Gasteiger partial charge in [0.25, 0.3) is 0 Å². The number of amides is 1. The zero-order chi connectivity index (χ0) is 19.4. The maximum atomic E-state index is 12.6. The molecule has 150 valence electrons. The number of hydrogen-bond acceptors (Lipinski definition) is 6. The molecule has 0 radical (unpaired) electrons. The third-order valence-corrected chi connectivity index (χ3v) is 7.14. The quantitative estimate of drug-likeness (QED) is 0.711. The van der Waals surface area contributed by atoms with Crippen LogP contribution in [0.1, 0.15) is 13.3 Å². The number of para-hydroxylation sites is 2. The summed E-state index contributed by atoms with van der Waals surface area (Å²) in [5.41, 5.74) is 1.10. The van der Waals surface area contributed by atoms with Crippen molar-refractivity contribution in [1.82, 2.24) is 9.80 Å². The smallest absolute Gasteiger partial charge is 0.236 e. The monoisotopic (exact) mass is 395 g/mol. The maximum Gasteiger partial charge on any atom is 0.236 e.